The van der Waals surface area contributed by atoms with E-state index in [0.29, 0.717) is 16.7 Å². The van der Waals surface area contributed by atoms with Crippen LogP contribution in [0.3, 0.4) is 0 Å². The van der Waals surface area contributed by atoms with E-state index >= 15 is 0 Å². The van der Waals surface area contributed by atoms with Gasteiger partial charge in [0.2, 0.25) is 0 Å². The summed E-state index contributed by atoms with van der Waals surface area (Å²) in [7, 11) is -3.69. The quantitative estimate of drug-likeness (QED) is 0.539. The number of sulfonamides is 1. The smallest absolute Gasteiger partial charge is 0.200 e. The first-order chi connectivity index (χ1) is 11.5. The molecule has 2 rings (SSSR count). The minimum absolute atomic E-state index is 0.122. The SMILES string of the molecule is C/C(=N\NS(=O)(=O)c1c(C(C)C)cc(C(C)C)cc1C(C)C)C1CC1. The van der Waals surface area contributed by atoms with Crippen molar-refractivity contribution in [3.8, 4) is 0 Å². The lowest BCUT2D eigenvalue weighted by atomic mass is 9.89. The molecule has 0 bridgehead atoms. The van der Waals surface area contributed by atoms with Crippen LogP contribution < -0.4 is 4.83 Å². The number of rotatable bonds is 7. The van der Waals surface area contributed by atoms with E-state index in [1.54, 1.807) is 0 Å². The van der Waals surface area contributed by atoms with Crippen LogP contribution in [-0.2, 0) is 10.0 Å². The molecule has 1 N–H and O–H groups in total. The summed E-state index contributed by atoms with van der Waals surface area (Å²) in [5, 5.41) is 4.17. The Balaban J connectivity index is 2.58. The molecule has 0 aliphatic heterocycles. The predicted molar refractivity (Wildman–Crippen MR) is 105 cm³/mol. The number of hydrogen-bond donors (Lipinski definition) is 1. The summed E-state index contributed by atoms with van der Waals surface area (Å²) in [6.45, 7) is 14.3. The Hall–Kier alpha value is -1.36. The molecule has 1 aliphatic rings. The second kappa shape index (κ2) is 7.48. The maximum Gasteiger partial charge on any atom is 0.277 e. The molecule has 25 heavy (non-hydrogen) atoms. The van der Waals surface area contributed by atoms with Crippen molar-refractivity contribution in [1.82, 2.24) is 4.83 Å². The fourth-order valence-electron chi connectivity index (χ4n) is 2.97. The van der Waals surface area contributed by atoms with Crippen LogP contribution in [-0.4, -0.2) is 14.1 Å². The van der Waals surface area contributed by atoms with Crippen LogP contribution in [0.15, 0.2) is 22.1 Å². The third-order valence-corrected chi connectivity index (χ3v) is 6.20. The maximum atomic E-state index is 13.1. The summed E-state index contributed by atoms with van der Waals surface area (Å²) < 4.78 is 26.2. The molecule has 1 saturated carbocycles. The topological polar surface area (TPSA) is 58.5 Å². The molecule has 0 heterocycles. The number of hydrazone groups is 1. The first-order valence-electron chi connectivity index (χ1n) is 9.28. The molecule has 0 unspecified atom stereocenters. The van der Waals surface area contributed by atoms with Gasteiger partial charge in [0.25, 0.3) is 10.0 Å². The second-order valence-corrected chi connectivity index (χ2v) is 9.71. The van der Waals surface area contributed by atoms with Gasteiger partial charge < -0.3 is 0 Å². The minimum Gasteiger partial charge on any atom is -0.200 e. The monoisotopic (exact) mass is 364 g/mol. The van der Waals surface area contributed by atoms with Crippen molar-refractivity contribution in [2.75, 3.05) is 0 Å². The Kier molecular flexibility index (Phi) is 5.97. The number of benzene rings is 1. The van der Waals surface area contributed by atoms with Crippen LogP contribution >= 0.6 is 0 Å². The average Bonchev–Trinajstić information content (AvgIpc) is 3.35. The average molecular weight is 365 g/mol. The fraction of sp³-hybridized carbons (Fsp3) is 0.650. The van der Waals surface area contributed by atoms with Crippen LogP contribution in [0.1, 0.15) is 95.8 Å². The first-order valence-corrected chi connectivity index (χ1v) is 10.8. The lowest BCUT2D eigenvalue weighted by molar-refractivity contribution is 0.578. The van der Waals surface area contributed by atoms with Gasteiger partial charge >= 0.3 is 0 Å². The van der Waals surface area contributed by atoms with Gasteiger partial charge in [0.05, 0.1) is 4.90 Å². The van der Waals surface area contributed by atoms with E-state index in [1.165, 1.54) is 5.56 Å². The summed E-state index contributed by atoms with van der Waals surface area (Å²) in [6.07, 6.45) is 2.21. The van der Waals surface area contributed by atoms with E-state index in [-0.39, 0.29) is 11.8 Å². The van der Waals surface area contributed by atoms with Gasteiger partial charge in [0, 0.05) is 5.71 Å². The van der Waals surface area contributed by atoms with E-state index in [1.807, 2.05) is 46.8 Å². The minimum atomic E-state index is -3.69. The maximum absolute atomic E-state index is 13.1. The molecule has 1 aliphatic carbocycles. The molecule has 1 fully saturated rings. The van der Waals surface area contributed by atoms with Crippen LogP contribution in [0.25, 0.3) is 0 Å². The Bertz CT molecular complexity index is 729. The molecule has 0 amide bonds. The van der Waals surface area contributed by atoms with Crippen LogP contribution in [0.5, 0.6) is 0 Å². The van der Waals surface area contributed by atoms with E-state index in [4.69, 9.17) is 0 Å². The van der Waals surface area contributed by atoms with Gasteiger partial charge in [-0.3, -0.25) is 0 Å². The summed E-state index contributed by atoms with van der Waals surface area (Å²) in [6, 6.07) is 4.10. The molecule has 140 valence electrons. The van der Waals surface area contributed by atoms with Crippen molar-refractivity contribution in [1.29, 1.82) is 0 Å². The van der Waals surface area contributed by atoms with Crippen LogP contribution in [0.4, 0.5) is 0 Å². The molecule has 0 spiro atoms. The number of hydrogen-bond acceptors (Lipinski definition) is 3. The van der Waals surface area contributed by atoms with Crippen molar-refractivity contribution < 1.29 is 8.42 Å². The molecular weight excluding hydrogens is 332 g/mol. The Morgan fingerprint density at radius 2 is 1.48 bits per heavy atom. The summed E-state index contributed by atoms with van der Waals surface area (Å²) in [5.41, 5.74) is 3.81. The van der Waals surface area contributed by atoms with Crippen LogP contribution in [0.2, 0.25) is 0 Å². The molecule has 0 aromatic heterocycles. The van der Waals surface area contributed by atoms with Gasteiger partial charge in [-0.1, -0.05) is 53.7 Å². The Morgan fingerprint density at radius 1 is 1.00 bits per heavy atom. The fourth-order valence-corrected chi connectivity index (χ4v) is 4.54. The molecule has 1 aromatic rings. The summed E-state index contributed by atoms with van der Waals surface area (Å²) in [5.74, 6) is 1.04. The van der Waals surface area contributed by atoms with Crippen molar-refractivity contribution in [3.05, 3.63) is 28.8 Å². The van der Waals surface area contributed by atoms with Gasteiger partial charge in [-0.05, 0) is 60.1 Å². The highest BCUT2D eigenvalue weighted by atomic mass is 32.2. The molecule has 0 saturated heterocycles. The highest BCUT2D eigenvalue weighted by molar-refractivity contribution is 7.89. The van der Waals surface area contributed by atoms with Gasteiger partial charge in [-0.2, -0.15) is 13.5 Å². The third kappa shape index (κ3) is 4.63. The second-order valence-electron chi connectivity index (χ2n) is 8.11. The van der Waals surface area contributed by atoms with Crippen molar-refractivity contribution in [3.63, 3.8) is 0 Å². The lowest BCUT2D eigenvalue weighted by Gasteiger charge is -2.22. The molecule has 0 atom stereocenters. The molecule has 5 heteroatoms. The van der Waals surface area contributed by atoms with Crippen LogP contribution in [0, 0.1) is 5.92 Å². The zero-order valence-corrected chi connectivity index (χ0v) is 17.4. The predicted octanol–water partition coefficient (Wildman–Crippen LogP) is 5.12. The lowest BCUT2D eigenvalue weighted by Crippen LogP contribution is -2.24. The van der Waals surface area contributed by atoms with Crippen molar-refractivity contribution in [2.24, 2.45) is 11.0 Å². The normalized spacial score (nSPS) is 16.2. The van der Waals surface area contributed by atoms with Gasteiger partial charge in [0.15, 0.2) is 0 Å². The standard InChI is InChI=1S/C20H32N2O2S/c1-12(2)17-10-18(13(3)4)20(19(11-17)14(5)6)25(23,24)22-21-15(7)16-8-9-16/h10-14,16,22H,8-9H2,1-7H3/b21-15+. The third-order valence-electron chi connectivity index (χ3n) is 4.86. The highest BCUT2D eigenvalue weighted by Gasteiger charge is 2.28. The zero-order chi connectivity index (χ0) is 18.9. The summed E-state index contributed by atoms with van der Waals surface area (Å²) >= 11 is 0. The summed E-state index contributed by atoms with van der Waals surface area (Å²) in [4.78, 5) is 2.91. The Morgan fingerprint density at radius 3 is 1.84 bits per heavy atom. The van der Waals surface area contributed by atoms with Gasteiger partial charge in [-0.25, -0.2) is 4.83 Å². The Labute approximate surface area is 153 Å². The molecular formula is C20H32N2O2S. The van der Waals surface area contributed by atoms with E-state index in [0.717, 1.165) is 29.7 Å². The number of nitrogens with zero attached hydrogens (tertiary/aromatic N) is 1. The highest BCUT2D eigenvalue weighted by Crippen LogP contribution is 2.35. The van der Waals surface area contributed by atoms with E-state index in [9.17, 15) is 8.42 Å². The van der Waals surface area contributed by atoms with E-state index in [2.05, 4.69) is 23.8 Å². The number of nitrogens with one attached hydrogen (secondary N) is 1. The zero-order valence-electron chi connectivity index (χ0n) is 16.6. The largest absolute Gasteiger partial charge is 0.277 e. The van der Waals surface area contributed by atoms with Crippen molar-refractivity contribution >= 4 is 15.7 Å². The molecule has 1 aromatic carbocycles. The van der Waals surface area contributed by atoms with Crippen molar-refractivity contribution in [2.45, 2.75) is 84.0 Å². The van der Waals surface area contributed by atoms with Gasteiger partial charge in [0.1, 0.15) is 0 Å². The molecule has 0 radical (unpaired) electrons. The van der Waals surface area contributed by atoms with E-state index < -0.39 is 10.0 Å². The first kappa shape index (κ1) is 20.0. The van der Waals surface area contributed by atoms with Gasteiger partial charge in [-0.15, -0.1) is 0 Å². The molecule has 4 nitrogen and oxygen atoms in total.